The van der Waals surface area contributed by atoms with Crippen LogP contribution in [-0.4, -0.2) is 12.3 Å². The highest BCUT2D eigenvalue weighted by Gasteiger charge is 2.28. The summed E-state index contributed by atoms with van der Waals surface area (Å²) in [5.74, 6) is 0.460. The van der Waals surface area contributed by atoms with E-state index in [0.29, 0.717) is 5.92 Å². The molecule has 0 saturated heterocycles. The Morgan fingerprint density at radius 1 is 0.885 bits per heavy atom. The second-order valence-electron chi connectivity index (χ2n) is 7.51. The lowest BCUT2D eigenvalue weighted by Crippen LogP contribution is -2.23. The maximum atomic E-state index is 3.74. The molecule has 1 aliphatic carbocycles. The molecule has 1 aromatic heterocycles. The average molecular weight is 331 g/mol. The maximum Gasteiger partial charge on any atom is 0.194 e. The second kappa shape index (κ2) is 5.01. The first-order valence-electron chi connectivity index (χ1n) is 9.35. The zero-order valence-corrected chi connectivity index (χ0v) is 14.7. The highest BCUT2D eigenvalue weighted by Crippen LogP contribution is 2.39. The van der Waals surface area contributed by atoms with Gasteiger partial charge in [-0.05, 0) is 28.7 Å². The first-order chi connectivity index (χ1) is 12.8. The third kappa shape index (κ3) is 1.77. The normalized spacial score (nSPS) is 17.0. The minimum absolute atomic E-state index is 0.460. The molecule has 6 rings (SSSR count). The monoisotopic (exact) mass is 331 g/mol. The molecule has 0 spiro atoms. The van der Waals surface area contributed by atoms with Crippen LogP contribution in [0.5, 0.6) is 0 Å². The molecule has 1 nitrogen and oxygen atoms in total. The first-order valence-corrected chi connectivity index (χ1v) is 9.35. The summed E-state index contributed by atoms with van der Waals surface area (Å²) in [6.07, 6.45) is 9.34. The van der Waals surface area contributed by atoms with Crippen LogP contribution < -0.4 is 10.9 Å². The number of nitrogens with one attached hydrogen (secondary N) is 1. The van der Waals surface area contributed by atoms with Gasteiger partial charge in [0.15, 0.2) is 7.28 Å². The number of hydrogen-bond donors (Lipinski definition) is 1. The van der Waals surface area contributed by atoms with Crippen molar-refractivity contribution in [1.82, 2.24) is 4.98 Å². The van der Waals surface area contributed by atoms with Crippen molar-refractivity contribution in [1.29, 1.82) is 0 Å². The molecule has 122 valence electrons. The zero-order chi connectivity index (χ0) is 17.3. The van der Waals surface area contributed by atoms with Gasteiger partial charge in [0, 0.05) is 21.9 Å². The Morgan fingerprint density at radius 3 is 2.58 bits per heavy atom. The zero-order valence-electron chi connectivity index (χ0n) is 14.7. The summed E-state index contributed by atoms with van der Waals surface area (Å²) in [4.78, 5) is 3.74. The fraction of sp³-hybridized carbons (Fsp3) is 0.0833. The van der Waals surface area contributed by atoms with Gasteiger partial charge in [-0.3, -0.25) is 0 Å². The van der Waals surface area contributed by atoms with Gasteiger partial charge in [-0.1, -0.05) is 84.6 Å². The van der Waals surface area contributed by atoms with Gasteiger partial charge in [-0.15, -0.1) is 0 Å². The highest BCUT2D eigenvalue weighted by atomic mass is 14.7. The molecule has 0 fully saturated rings. The van der Waals surface area contributed by atoms with Crippen molar-refractivity contribution in [3.05, 3.63) is 71.8 Å². The summed E-state index contributed by atoms with van der Waals surface area (Å²) in [6, 6.07) is 17.5. The van der Waals surface area contributed by atoms with Crippen LogP contribution in [0, 0.1) is 5.92 Å². The minimum atomic E-state index is 0.460. The fourth-order valence-corrected chi connectivity index (χ4v) is 4.71. The van der Waals surface area contributed by atoms with Gasteiger partial charge in [0.05, 0.1) is 5.52 Å². The third-order valence-electron chi connectivity index (χ3n) is 5.93. The van der Waals surface area contributed by atoms with Crippen LogP contribution in [0.1, 0.15) is 18.1 Å². The molecule has 2 heteroatoms. The molecule has 3 aromatic carbocycles. The molecule has 0 amide bonds. The quantitative estimate of drug-likeness (QED) is 0.406. The van der Waals surface area contributed by atoms with Gasteiger partial charge < -0.3 is 4.98 Å². The van der Waals surface area contributed by atoms with Crippen LogP contribution in [-0.2, 0) is 0 Å². The molecule has 4 aromatic rings. The van der Waals surface area contributed by atoms with E-state index in [4.69, 9.17) is 0 Å². The molecule has 0 bridgehead atoms. The van der Waals surface area contributed by atoms with Crippen molar-refractivity contribution in [2.45, 2.75) is 6.92 Å². The van der Waals surface area contributed by atoms with Crippen LogP contribution in [0.4, 0.5) is 0 Å². The topological polar surface area (TPSA) is 15.8 Å². The van der Waals surface area contributed by atoms with Gasteiger partial charge in [0.25, 0.3) is 0 Å². The molecular weight excluding hydrogens is 313 g/mol. The first kappa shape index (κ1) is 14.2. The molecule has 1 aliphatic heterocycles. The Balaban J connectivity index is 1.87. The predicted octanol–water partition coefficient (Wildman–Crippen LogP) is 4.36. The van der Waals surface area contributed by atoms with Crippen LogP contribution >= 0.6 is 0 Å². The van der Waals surface area contributed by atoms with Crippen molar-refractivity contribution in [2.75, 3.05) is 0 Å². The summed E-state index contributed by atoms with van der Waals surface area (Å²) in [5, 5.41) is 2.68. The van der Waals surface area contributed by atoms with Crippen LogP contribution in [0.3, 0.4) is 0 Å². The lowest BCUT2D eigenvalue weighted by atomic mass is 9.65. The number of allylic oxidation sites excluding steroid dienone is 2. The highest BCUT2D eigenvalue weighted by molar-refractivity contribution is 6.75. The van der Waals surface area contributed by atoms with Crippen molar-refractivity contribution in [3.63, 3.8) is 0 Å². The van der Waals surface area contributed by atoms with E-state index < -0.39 is 0 Å². The SMILES string of the molecule is CC1C=Cc2c3c(c4[nH]c5ccccc5c4c2C=C1)-c1ccccc1B3. The number of benzene rings is 3. The third-order valence-corrected chi connectivity index (χ3v) is 5.93. The van der Waals surface area contributed by atoms with E-state index in [0.717, 1.165) is 7.28 Å². The van der Waals surface area contributed by atoms with Crippen molar-refractivity contribution in [3.8, 4) is 11.1 Å². The largest absolute Gasteiger partial charge is 0.354 e. The van der Waals surface area contributed by atoms with E-state index in [2.05, 4.69) is 84.7 Å². The average Bonchev–Trinajstić information content (AvgIpc) is 3.17. The lowest BCUT2D eigenvalue weighted by Gasteiger charge is -2.12. The van der Waals surface area contributed by atoms with Gasteiger partial charge in [0.2, 0.25) is 0 Å². The second-order valence-corrected chi connectivity index (χ2v) is 7.51. The van der Waals surface area contributed by atoms with E-state index in [9.17, 15) is 0 Å². The molecule has 1 N–H and O–H groups in total. The van der Waals surface area contributed by atoms with Gasteiger partial charge >= 0.3 is 0 Å². The van der Waals surface area contributed by atoms with E-state index in [-0.39, 0.29) is 0 Å². The Labute approximate surface area is 153 Å². The number of fused-ring (bicyclic) bond motifs is 10. The van der Waals surface area contributed by atoms with Crippen molar-refractivity contribution in [2.24, 2.45) is 5.92 Å². The minimum Gasteiger partial charge on any atom is -0.354 e. The predicted molar refractivity (Wildman–Crippen MR) is 115 cm³/mol. The molecule has 2 aliphatic rings. The summed E-state index contributed by atoms with van der Waals surface area (Å²) in [6.45, 7) is 2.25. The molecule has 1 atom stereocenters. The Hall–Kier alpha value is -3.00. The molecule has 0 saturated carbocycles. The number of H-pyrrole nitrogens is 1. The smallest absolute Gasteiger partial charge is 0.194 e. The Kier molecular flexibility index (Phi) is 2.74. The Bertz CT molecular complexity index is 1270. The van der Waals surface area contributed by atoms with Gasteiger partial charge in [-0.2, -0.15) is 0 Å². The summed E-state index contributed by atoms with van der Waals surface area (Å²) in [5.41, 5.74) is 11.0. The molecule has 26 heavy (non-hydrogen) atoms. The molecule has 1 unspecified atom stereocenters. The van der Waals surface area contributed by atoms with Crippen LogP contribution in [0.2, 0.25) is 0 Å². The van der Waals surface area contributed by atoms with Gasteiger partial charge in [0.1, 0.15) is 0 Å². The summed E-state index contributed by atoms with van der Waals surface area (Å²) >= 11 is 0. The summed E-state index contributed by atoms with van der Waals surface area (Å²) < 4.78 is 0. The van der Waals surface area contributed by atoms with E-state index in [1.54, 1.807) is 0 Å². The van der Waals surface area contributed by atoms with Crippen LogP contribution in [0.25, 0.3) is 45.1 Å². The van der Waals surface area contributed by atoms with E-state index in [1.165, 1.54) is 55.0 Å². The number of rotatable bonds is 0. The number of para-hydroxylation sites is 1. The van der Waals surface area contributed by atoms with E-state index >= 15 is 0 Å². The number of aromatic amines is 1. The molecule has 2 heterocycles. The number of hydrogen-bond acceptors (Lipinski definition) is 0. The lowest BCUT2D eigenvalue weighted by molar-refractivity contribution is 0.954. The van der Waals surface area contributed by atoms with E-state index in [1.807, 2.05) is 0 Å². The number of aromatic nitrogens is 1. The standard InChI is InChI=1S/C24H18BN/c1-14-10-12-15-16(13-11-14)23-22(17-6-2-4-8-19(17)25-23)24-21(15)18-7-3-5-9-20(18)26-24/h2-14,25-26H,1H3. The summed E-state index contributed by atoms with van der Waals surface area (Å²) in [7, 11) is 1.02. The maximum absolute atomic E-state index is 3.74. The molecular formula is C24H18BN. The van der Waals surface area contributed by atoms with Crippen LogP contribution in [0.15, 0.2) is 60.7 Å². The molecule has 0 radical (unpaired) electrons. The fourth-order valence-electron chi connectivity index (χ4n) is 4.71. The van der Waals surface area contributed by atoms with Crippen molar-refractivity contribution >= 4 is 52.2 Å². The Morgan fingerprint density at radius 2 is 1.65 bits per heavy atom. The van der Waals surface area contributed by atoms with Crippen molar-refractivity contribution < 1.29 is 0 Å². The van der Waals surface area contributed by atoms with Gasteiger partial charge in [-0.25, -0.2) is 0 Å².